The third-order valence-corrected chi connectivity index (χ3v) is 5.96. The maximum Gasteiger partial charge on any atom is 0.0794 e. The molecule has 0 aromatic heterocycles. The predicted molar refractivity (Wildman–Crippen MR) is 95.9 cm³/mol. The first-order chi connectivity index (χ1) is 11.2. The number of aliphatic hydroxyl groups excluding tert-OH is 1. The van der Waals surface area contributed by atoms with Gasteiger partial charge in [-0.1, -0.05) is 37.3 Å². The first kappa shape index (κ1) is 17.2. The Hall–Kier alpha value is -0.590. The molecule has 23 heavy (non-hydrogen) atoms. The lowest BCUT2D eigenvalue weighted by Crippen LogP contribution is -2.48. The third kappa shape index (κ3) is 4.70. The predicted octanol–water partition coefficient (Wildman–Crippen LogP) is 1.86. The molecule has 0 saturated carbocycles. The summed E-state index contributed by atoms with van der Waals surface area (Å²) >= 11 is 2.04. The lowest BCUT2D eigenvalue weighted by atomic mass is 10.0. The van der Waals surface area contributed by atoms with E-state index in [0.717, 1.165) is 51.7 Å². The highest BCUT2D eigenvalue weighted by Crippen LogP contribution is 2.35. The summed E-state index contributed by atoms with van der Waals surface area (Å²) in [6, 6.07) is 11.1. The summed E-state index contributed by atoms with van der Waals surface area (Å²) in [6.45, 7) is 8.31. The van der Waals surface area contributed by atoms with Crippen LogP contribution in [0.3, 0.4) is 0 Å². The van der Waals surface area contributed by atoms with Crippen LogP contribution < -0.4 is 0 Å². The Morgan fingerprint density at radius 1 is 1.17 bits per heavy atom. The number of aliphatic hydroxyl groups is 1. The topological polar surface area (TPSA) is 35.9 Å². The second-order valence-corrected chi connectivity index (χ2v) is 7.98. The third-order valence-electron chi connectivity index (χ3n) is 4.76. The van der Waals surface area contributed by atoms with Gasteiger partial charge in [0.05, 0.1) is 19.3 Å². The van der Waals surface area contributed by atoms with E-state index >= 15 is 0 Å². The minimum Gasteiger partial charge on any atom is -0.390 e. The molecule has 128 valence electrons. The minimum atomic E-state index is -0.297. The second kappa shape index (κ2) is 8.49. The summed E-state index contributed by atoms with van der Waals surface area (Å²) in [7, 11) is 0. The molecule has 0 aliphatic carbocycles. The maximum atomic E-state index is 10.6. The quantitative estimate of drug-likeness (QED) is 0.888. The molecule has 0 unspecified atom stereocenters. The molecule has 3 rings (SSSR count). The fourth-order valence-corrected chi connectivity index (χ4v) is 4.85. The van der Waals surface area contributed by atoms with Crippen LogP contribution in [-0.2, 0) is 4.74 Å². The van der Waals surface area contributed by atoms with Crippen molar-refractivity contribution in [1.82, 2.24) is 9.80 Å². The molecule has 0 amide bonds. The summed E-state index contributed by atoms with van der Waals surface area (Å²) in [5, 5.41) is 11.1. The van der Waals surface area contributed by atoms with Gasteiger partial charge in [-0.3, -0.25) is 9.80 Å². The molecular formula is C18H28N2O2S. The molecule has 2 aliphatic rings. The molecule has 1 aromatic rings. The van der Waals surface area contributed by atoms with E-state index in [-0.39, 0.29) is 6.10 Å². The number of nitrogens with zero attached hydrogens (tertiary/aromatic N) is 2. The SMILES string of the molecule is C[C@@H]1SCCN(C[C@H](O)CN2CCOCC2)[C@@H]1c1ccccc1. The van der Waals surface area contributed by atoms with Gasteiger partial charge < -0.3 is 9.84 Å². The van der Waals surface area contributed by atoms with Crippen LogP contribution in [0, 0.1) is 0 Å². The molecule has 1 N–H and O–H groups in total. The minimum absolute atomic E-state index is 0.297. The largest absolute Gasteiger partial charge is 0.390 e. The van der Waals surface area contributed by atoms with Crippen molar-refractivity contribution in [2.45, 2.75) is 24.3 Å². The number of ether oxygens (including phenoxy) is 1. The molecule has 2 saturated heterocycles. The molecule has 0 bridgehead atoms. The number of benzene rings is 1. The van der Waals surface area contributed by atoms with Crippen molar-refractivity contribution in [1.29, 1.82) is 0 Å². The zero-order valence-electron chi connectivity index (χ0n) is 13.9. The number of hydrogen-bond acceptors (Lipinski definition) is 5. The van der Waals surface area contributed by atoms with Gasteiger partial charge in [0, 0.05) is 49.8 Å². The van der Waals surface area contributed by atoms with Crippen molar-refractivity contribution >= 4 is 11.8 Å². The Labute approximate surface area is 143 Å². The van der Waals surface area contributed by atoms with Crippen LogP contribution in [0.5, 0.6) is 0 Å². The zero-order chi connectivity index (χ0) is 16.1. The first-order valence-corrected chi connectivity index (χ1v) is 9.67. The molecule has 5 heteroatoms. The highest BCUT2D eigenvalue weighted by molar-refractivity contribution is 8.00. The van der Waals surface area contributed by atoms with Crippen LogP contribution in [-0.4, -0.2) is 78.0 Å². The van der Waals surface area contributed by atoms with Gasteiger partial charge in [0.2, 0.25) is 0 Å². The van der Waals surface area contributed by atoms with Crippen LogP contribution in [0.2, 0.25) is 0 Å². The summed E-state index contributed by atoms with van der Waals surface area (Å²) in [6.07, 6.45) is -0.297. The van der Waals surface area contributed by atoms with Gasteiger partial charge in [-0.15, -0.1) is 0 Å². The average Bonchev–Trinajstić information content (AvgIpc) is 2.56. The van der Waals surface area contributed by atoms with E-state index in [4.69, 9.17) is 4.74 Å². The molecule has 2 heterocycles. The first-order valence-electron chi connectivity index (χ1n) is 8.63. The van der Waals surface area contributed by atoms with Crippen molar-refractivity contribution in [3.63, 3.8) is 0 Å². The maximum absolute atomic E-state index is 10.6. The lowest BCUT2D eigenvalue weighted by Gasteiger charge is -2.41. The van der Waals surface area contributed by atoms with Gasteiger partial charge in [-0.2, -0.15) is 11.8 Å². The summed E-state index contributed by atoms with van der Waals surface area (Å²) in [4.78, 5) is 4.79. The Morgan fingerprint density at radius 3 is 2.65 bits per heavy atom. The number of rotatable bonds is 5. The molecular weight excluding hydrogens is 308 g/mol. The number of morpholine rings is 1. The van der Waals surface area contributed by atoms with Crippen LogP contribution in [0.25, 0.3) is 0 Å². The Kier molecular flexibility index (Phi) is 6.36. The van der Waals surface area contributed by atoms with Gasteiger partial charge in [-0.05, 0) is 5.56 Å². The van der Waals surface area contributed by atoms with Crippen molar-refractivity contribution in [3.05, 3.63) is 35.9 Å². The van der Waals surface area contributed by atoms with Crippen LogP contribution in [0.15, 0.2) is 30.3 Å². The Balaban J connectivity index is 1.61. The van der Waals surface area contributed by atoms with Gasteiger partial charge in [-0.25, -0.2) is 0 Å². The van der Waals surface area contributed by atoms with Crippen molar-refractivity contribution in [2.24, 2.45) is 0 Å². The highest BCUT2D eigenvalue weighted by atomic mass is 32.2. The van der Waals surface area contributed by atoms with Crippen LogP contribution >= 0.6 is 11.8 Å². The fourth-order valence-electron chi connectivity index (χ4n) is 3.63. The van der Waals surface area contributed by atoms with Gasteiger partial charge in [0.1, 0.15) is 0 Å². The van der Waals surface area contributed by atoms with Crippen molar-refractivity contribution < 1.29 is 9.84 Å². The van der Waals surface area contributed by atoms with Gasteiger partial charge in [0.25, 0.3) is 0 Å². The number of β-amino-alcohol motifs (C(OH)–C–C–N with tert-alkyl or cyclic N) is 1. The monoisotopic (exact) mass is 336 g/mol. The number of hydrogen-bond donors (Lipinski definition) is 1. The molecule has 0 spiro atoms. The van der Waals surface area contributed by atoms with E-state index in [1.165, 1.54) is 5.56 Å². The summed E-state index contributed by atoms with van der Waals surface area (Å²) < 4.78 is 5.38. The van der Waals surface area contributed by atoms with E-state index in [2.05, 4.69) is 47.1 Å². The average molecular weight is 337 g/mol. The number of thioether (sulfide) groups is 1. The van der Waals surface area contributed by atoms with Crippen LogP contribution in [0.1, 0.15) is 18.5 Å². The zero-order valence-corrected chi connectivity index (χ0v) is 14.8. The highest BCUT2D eigenvalue weighted by Gasteiger charge is 2.31. The second-order valence-electron chi connectivity index (χ2n) is 6.49. The van der Waals surface area contributed by atoms with E-state index in [1.54, 1.807) is 0 Å². The van der Waals surface area contributed by atoms with E-state index in [1.807, 2.05) is 11.8 Å². The van der Waals surface area contributed by atoms with Gasteiger partial charge >= 0.3 is 0 Å². The molecule has 1 aromatic carbocycles. The van der Waals surface area contributed by atoms with E-state index in [9.17, 15) is 5.11 Å². The molecule has 2 aliphatic heterocycles. The summed E-state index contributed by atoms with van der Waals surface area (Å²) in [5.74, 6) is 1.15. The standard InChI is InChI=1S/C18H28N2O2S/c1-15-18(16-5-3-2-4-6-16)20(9-12-23-15)14-17(21)13-19-7-10-22-11-8-19/h2-6,15,17-18,21H,7-14H2,1H3/t15-,17+,18-/m0/s1. The molecule has 2 fully saturated rings. The smallest absolute Gasteiger partial charge is 0.0794 e. The van der Waals surface area contributed by atoms with Crippen molar-refractivity contribution in [3.8, 4) is 0 Å². The fraction of sp³-hybridized carbons (Fsp3) is 0.667. The van der Waals surface area contributed by atoms with E-state index in [0.29, 0.717) is 11.3 Å². The molecule has 0 radical (unpaired) electrons. The van der Waals surface area contributed by atoms with Crippen LogP contribution in [0.4, 0.5) is 0 Å². The molecule has 3 atom stereocenters. The Morgan fingerprint density at radius 2 is 1.91 bits per heavy atom. The molecule has 4 nitrogen and oxygen atoms in total. The lowest BCUT2D eigenvalue weighted by molar-refractivity contribution is 0.00313. The normalized spacial score (nSPS) is 28.6. The summed E-state index contributed by atoms with van der Waals surface area (Å²) in [5.41, 5.74) is 1.37. The van der Waals surface area contributed by atoms with Crippen molar-refractivity contribution in [2.75, 3.05) is 51.7 Å². The van der Waals surface area contributed by atoms with E-state index < -0.39 is 0 Å². The Bertz CT molecular complexity index is 467. The van der Waals surface area contributed by atoms with Gasteiger partial charge in [0.15, 0.2) is 0 Å².